The molecule has 1 aliphatic carbocycles. The number of hydrogen-bond donors (Lipinski definition) is 2. The van der Waals surface area contributed by atoms with Crippen molar-refractivity contribution in [1.29, 1.82) is 0 Å². The molecule has 0 unspecified atom stereocenters. The molecule has 5 rings (SSSR count). The second-order valence-electron chi connectivity index (χ2n) is 9.86. The van der Waals surface area contributed by atoms with E-state index in [-0.39, 0.29) is 17.2 Å². The molecule has 1 atom stereocenters. The number of nitrogens with one attached hydrogen (secondary N) is 1. The summed E-state index contributed by atoms with van der Waals surface area (Å²) in [7, 11) is 0. The molecule has 2 aliphatic rings. The zero-order valence-corrected chi connectivity index (χ0v) is 21.2. The van der Waals surface area contributed by atoms with Crippen molar-refractivity contribution in [3.63, 3.8) is 0 Å². The molecule has 1 aliphatic heterocycles. The molecule has 0 saturated heterocycles. The Morgan fingerprint density at radius 2 is 1.76 bits per heavy atom. The Morgan fingerprint density at radius 3 is 2.49 bits per heavy atom. The highest BCUT2D eigenvalue weighted by Gasteiger charge is 2.39. The van der Waals surface area contributed by atoms with Crippen molar-refractivity contribution < 1.29 is 19.5 Å². The van der Waals surface area contributed by atoms with Crippen LogP contribution in [0.1, 0.15) is 51.1 Å². The first kappa shape index (κ1) is 24.8. The zero-order chi connectivity index (χ0) is 26.2. The number of fused-ring (bicyclic) bond motifs is 1. The van der Waals surface area contributed by atoms with E-state index in [4.69, 9.17) is 11.6 Å². The van der Waals surface area contributed by atoms with Gasteiger partial charge in [-0.25, -0.2) is 4.79 Å². The van der Waals surface area contributed by atoms with Crippen LogP contribution in [0.5, 0.6) is 0 Å². The number of amides is 2. The van der Waals surface area contributed by atoms with Crippen LogP contribution in [-0.4, -0.2) is 29.4 Å². The van der Waals surface area contributed by atoms with E-state index in [2.05, 4.69) is 5.32 Å². The van der Waals surface area contributed by atoms with Crippen LogP contribution in [0, 0.1) is 12.3 Å². The summed E-state index contributed by atoms with van der Waals surface area (Å²) >= 11 is 6.19. The maximum absolute atomic E-state index is 13.6. The topological polar surface area (TPSA) is 86.7 Å². The second-order valence-corrected chi connectivity index (χ2v) is 10.3. The van der Waals surface area contributed by atoms with Gasteiger partial charge in [0.15, 0.2) is 0 Å². The van der Waals surface area contributed by atoms with Gasteiger partial charge in [-0.05, 0) is 86.1 Å². The Labute approximate surface area is 220 Å². The third kappa shape index (κ3) is 5.02. The fraction of sp³-hybridized carbons (Fsp3) is 0.233. The summed E-state index contributed by atoms with van der Waals surface area (Å²) in [6.07, 6.45) is 4.63. The van der Waals surface area contributed by atoms with E-state index in [0.29, 0.717) is 53.2 Å². The second kappa shape index (κ2) is 9.87. The first-order chi connectivity index (χ1) is 17.7. The number of allylic oxidation sites excluding steroid dienone is 1. The lowest BCUT2D eigenvalue weighted by Gasteiger charge is -2.26. The number of halogens is 1. The SMILES string of the molecule is Cc1ccc(Cl)c(C(=O)Nc2ccc(C(=O)N3CC[C@]4(C=C(C(=O)O)CC4)Cc4ccccc43)cc2)c1. The number of anilines is 2. The number of carbonyl (C=O) groups is 3. The summed E-state index contributed by atoms with van der Waals surface area (Å²) < 4.78 is 0. The molecule has 0 aromatic heterocycles. The Balaban J connectivity index is 1.36. The highest BCUT2D eigenvalue weighted by Crippen LogP contribution is 2.46. The zero-order valence-electron chi connectivity index (χ0n) is 20.5. The van der Waals surface area contributed by atoms with Crippen molar-refractivity contribution in [3.8, 4) is 0 Å². The van der Waals surface area contributed by atoms with Gasteiger partial charge in [0, 0.05) is 29.1 Å². The summed E-state index contributed by atoms with van der Waals surface area (Å²) in [5.41, 5.74) is 4.48. The van der Waals surface area contributed by atoms with E-state index in [1.807, 2.05) is 43.3 Å². The molecule has 3 aromatic rings. The number of carboxylic acid groups (broad SMARTS) is 1. The van der Waals surface area contributed by atoms with Gasteiger partial charge in [-0.1, -0.05) is 47.5 Å². The van der Waals surface area contributed by atoms with Crippen molar-refractivity contribution in [2.75, 3.05) is 16.8 Å². The molecule has 3 aromatic carbocycles. The normalized spacial score (nSPS) is 18.6. The van der Waals surface area contributed by atoms with Crippen molar-refractivity contribution in [2.45, 2.75) is 32.6 Å². The van der Waals surface area contributed by atoms with Crippen LogP contribution in [0.2, 0.25) is 5.02 Å². The van der Waals surface area contributed by atoms with Crippen LogP contribution in [0.4, 0.5) is 11.4 Å². The summed E-state index contributed by atoms with van der Waals surface area (Å²) in [6.45, 7) is 2.38. The molecule has 0 bridgehead atoms. The number of aliphatic carboxylic acids is 1. The molecular weight excluding hydrogens is 488 g/mol. The van der Waals surface area contributed by atoms with Gasteiger partial charge in [-0.2, -0.15) is 0 Å². The predicted molar refractivity (Wildman–Crippen MR) is 144 cm³/mol. The Kier molecular flexibility index (Phi) is 6.61. The molecule has 0 radical (unpaired) electrons. The van der Waals surface area contributed by atoms with Crippen molar-refractivity contribution in [1.82, 2.24) is 0 Å². The molecule has 7 heteroatoms. The molecule has 6 nitrogen and oxygen atoms in total. The van der Waals surface area contributed by atoms with E-state index in [1.54, 1.807) is 41.3 Å². The summed E-state index contributed by atoms with van der Waals surface area (Å²) in [4.78, 5) is 39.7. The van der Waals surface area contributed by atoms with Gasteiger partial charge < -0.3 is 15.3 Å². The van der Waals surface area contributed by atoms with Crippen LogP contribution in [-0.2, 0) is 11.2 Å². The smallest absolute Gasteiger partial charge is 0.331 e. The average molecular weight is 515 g/mol. The lowest BCUT2D eigenvalue weighted by Crippen LogP contribution is -2.33. The summed E-state index contributed by atoms with van der Waals surface area (Å²) in [6, 6.07) is 19.9. The van der Waals surface area contributed by atoms with E-state index >= 15 is 0 Å². The predicted octanol–water partition coefficient (Wildman–Crippen LogP) is 6.28. The number of aryl methyl sites for hydroxylation is 1. The Bertz CT molecular complexity index is 1430. The number of nitrogens with zero attached hydrogens (tertiary/aromatic N) is 1. The maximum atomic E-state index is 13.6. The van der Waals surface area contributed by atoms with Gasteiger partial charge in [-0.15, -0.1) is 0 Å². The first-order valence-electron chi connectivity index (χ1n) is 12.3. The lowest BCUT2D eigenvalue weighted by molar-refractivity contribution is -0.132. The average Bonchev–Trinajstić information content (AvgIpc) is 3.23. The van der Waals surface area contributed by atoms with Gasteiger partial charge in [0.25, 0.3) is 11.8 Å². The molecule has 1 spiro atoms. The number of benzene rings is 3. The van der Waals surface area contributed by atoms with E-state index in [9.17, 15) is 19.5 Å². The molecular formula is C30H27ClN2O4. The Morgan fingerprint density at radius 1 is 1.00 bits per heavy atom. The van der Waals surface area contributed by atoms with E-state index < -0.39 is 5.97 Å². The fourth-order valence-electron chi connectivity index (χ4n) is 5.32. The van der Waals surface area contributed by atoms with Gasteiger partial charge in [-0.3, -0.25) is 9.59 Å². The standard InChI is InChI=1S/C30H27ClN2O4/c1-19-6-11-25(31)24(16-19)27(34)32-23-9-7-20(8-10-23)28(35)33-15-14-30(13-12-22(18-30)29(36)37)17-21-4-2-3-5-26(21)33/h2-11,16,18H,12-15,17H2,1H3,(H,32,34)(H,36,37)/t30-/m0/s1. The van der Waals surface area contributed by atoms with Gasteiger partial charge in [0.2, 0.25) is 0 Å². The van der Waals surface area contributed by atoms with Gasteiger partial charge in [0.1, 0.15) is 0 Å². The van der Waals surface area contributed by atoms with Crippen molar-refractivity contribution in [3.05, 3.63) is 106 Å². The van der Waals surface area contributed by atoms with Crippen molar-refractivity contribution in [2.24, 2.45) is 5.41 Å². The van der Waals surface area contributed by atoms with Gasteiger partial charge >= 0.3 is 5.97 Å². The number of hydrogen-bond acceptors (Lipinski definition) is 3. The molecule has 2 amide bonds. The monoisotopic (exact) mass is 514 g/mol. The van der Waals surface area contributed by atoms with E-state index in [1.165, 1.54) is 0 Å². The third-order valence-electron chi connectivity index (χ3n) is 7.31. The van der Waals surface area contributed by atoms with Crippen LogP contribution in [0.3, 0.4) is 0 Å². The Hall–Kier alpha value is -3.90. The number of rotatable bonds is 4. The minimum atomic E-state index is -0.862. The molecule has 0 saturated carbocycles. The summed E-state index contributed by atoms with van der Waals surface area (Å²) in [5, 5.41) is 12.7. The van der Waals surface area contributed by atoms with Crippen molar-refractivity contribution >= 4 is 40.8 Å². The minimum Gasteiger partial charge on any atom is -0.478 e. The van der Waals surface area contributed by atoms with Crippen LogP contribution in [0.15, 0.2) is 78.4 Å². The van der Waals surface area contributed by atoms with Crippen LogP contribution in [0.25, 0.3) is 0 Å². The highest BCUT2D eigenvalue weighted by atomic mass is 35.5. The minimum absolute atomic E-state index is 0.135. The molecule has 1 heterocycles. The number of carboxylic acids is 1. The number of para-hydroxylation sites is 1. The molecule has 37 heavy (non-hydrogen) atoms. The highest BCUT2D eigenvalue weighted by molar-refractivity contribution is 6.34. The van der Waals surface area contributed by atoms with Gasteiger partial charge in [0.05, 0.1) is 10.6 Å². The third-order valence-corrected chi connectivity index (χ3v) is 7.64. The number of carbonyl (C=O) groups excluding carboxylic acids is 2. The fourth-order valence-corrected chi connectivity index (χ4v) is 5.53. The first-order valence-corrected chi connectivity index (χ1v) is 12.6. The molecule has 0 fully saturated rings. The lowest BCUT2D eigenvalue weighted by atomic mass is 9.79. The van der Waals surface area contributed by atoms with Crippen LogP contribution < -0.4 is 10.2 Å². The maximum Gasteiger partial charge on any atom is 0.331 e. The van der Waals surface area contributed by atoms with Crippen LogP contribution >= 0.6 is 11.6 Å². The largest absolute Gasteiger partial charge is 0.478 e. The quantitative estimate of drug-likeness (QED) is 0.428. The molecule has 188 valence electrons. The molecule has 2 N–H and O–H groups in total. The summed E-state index contributed by atoms with van der Waals surface area (Å²) in [5.74, 6) is -1.31. The van der Waals surface area contributed by atoms with E-state index in [0.717, 1.165) is 23.2 Å².